The molecule has 0 saturated carbocycles. The molecule has 1 aromatic rings. The van der Waals surface area contributed by atoms with Gasteiger partial charge >= 0.3 is 0 Å². The Labute approximate surface area is 129 Å². The number of nitrogens with zero attached hydrogens (tertiary/aromatic N) is 2. The van der Waals surface area contributed by atoms with E-state index in [0.717, 1.165) is 36.3 Å². The highest BCUT2D eigenvalue weighted by atomic mass is 35.5. The number of rotatable bonds is 5. The summed E-state index contributed by atoms with van der Waals surface area (Å²) >= 11 is 5.78. The molecule has 0 atom stereocenters. The predicted octanol–water partition coefficient (Wildman–Crippen LogP) is 1.78. The van der Waals surface area contributed by atoms with E-state index in [1.807, 2.05) is 0 Å². The van der Waals surface area contributed by atoms with E-state index in [1.54, 1.807) is 0 Å². The van der Waals surface area contributed by atoms with Gasteiger partial charge in [-0.05, 0) is 38.1 Å². The van der Waals surface area contributed by atoms with E-state index in [2.05, 4.69) is 4.90 Å². The maximum atomic E-state index is 14.0. The fourth-order valence-electron chi connectivity index (χ4n) is 2.35. The monoisotopic (exact) mass is 335 g/mol. The molecular weight excluding hydrogens is 317 g/mol. The summed E-state index contributed by atoms with van der Waals surface area (Å²) in [6.45, 7) is 2.89. The molecule has 5 nitrogen and oxygen atoms in total. The van der Waals surface area contributed by atoms with Crippen molar-refractivity contribution in [3.8, 4) is 0 Å². The average molecular weight is 336 g/mol. The van der Waals surface area contributed by atoms with Crippen molar-refractivity contribution < 1.29 is 12.8 Å². The smallest absolute Gasteiger partial charge is 0.245 e. The van der Waals surface area contributed by atoms with Crippen molar-refractivity contribution in [2.75, 3.05) is 39.0 Å². The minimum Gasteiger partial charge on any atom is -0.396 e. The van der Waals surface area contributed by atoms with Gasteiger partial charge in [0, 0.05) is 25.2 Å². The highest BCUT2D eigenvalue weighted by Gasteiger charge is 2.27. The molecule has 118 valence electrons. The Balaban J connectivity index is 2.16. The molecule has 2 N–H and O–H groups in total. The highest BCUT2D eigenvalue weighted by Crippen LogP contribution is 2.27. The third-order valence-corrected chi connectivity index (χ3v) is 5.72. The lowest BCUT2D eigenvalue weighted by Gasteiger charge is -2.21. The largest absolute Gasteiger partial charge is 0.396 e. The zero-order chi connectivity index (χ0) is 15.6. The first-order valence-electron chi connectivity index (χ1n) is 6.75. The van der Waals surface area contributed by atoms with Crippen LogP contribution in [0.1, 0.15) is 12.8 Å². The molecule has 0 radical (unpaired) electrons. The maximum absolute atomic E-state index is 14.0. The van der Waals surface area contributed by atoms with Gasteiger partial charge in [-0.2, -0.15) is 4.31 Å². The van der Waals surface area contributed by atoms with E-state index in [1.165, 1.54) is 13.1 Å². The lowest BCUT2D eigenvalue weighted by molar-refractivity contribution is 0.309. The standard InChI is InChI=1S/C13H19ClFN3O2S/c1-17(6-7-18-4-2-3-5-18)21(19,20)12-9-10(14)8-11(16)13(12)15/h8-9H,2-7,16H2,1H3. The lowest BCUT2D eigenvalue weighted by Crippen LogP contribution is -2.35. The van der Waals surface area contributed by atoms with Gasteiger partial charge in [0.05, 0.1) is 5.69 Å². The third kappa shape index (κ3) is 3.66. The molecule has 1 heterocycles. The van der Waals surface area contributed by atoms with Crippen molar-refractivity contribution in [1.29, 1.82) is 0 Å². The van der Waals surface area contributed by atoms with Gasteiger partial charge in [0.1, 0.15) is 4.90 Å². The number of benzene rings is 1. The Morgan fingerprint density at radius 2 is 2.00 bits per heavy atom. The Hall–Kier alpha value is -0.890. The second-order valence-corrected chi connectivity index (χ2v) is 7.63. The van der Waals surface area contributed by atoms with Crippen LogP contribution in [0.3, 0.4) is 0 Å². The Morgan fingerprint density at radius 1 is 1.38 bits per heavy atom. The molecule has 21 heavy (non-hydrogen) atoms. The van der Waals surface area contributed by atoms with E-state index in [4.69, 9.17) is 17.3 Å². The van der Waals surface area contributed by atoms with E-state index in [0.29, 0.717) is 13.1 Å². The first kappa shape index (κ1) is 16.5. The number of likely N-dealkylation sites (tertiary alicyclic amines) is 1. The van der Waals surface area contributed by atoms with Gasteiger partial charge in [-0.15, -0.1) is 0 Å². The summed E-state index contributed by atoms with van der Waals surface area (Å²) in [5.41, 5.74) is 5.17. The second-order valence-electron chi connectivity index (χ2n) is 5.18. The first-order valence-corrected chi connectivity index (χ1v) is 8.57. The number of hydrogen-bond donors (Lipinski definition) is 1. The Kier molecular flexibility index (Phi) is 5.08. The predicted molar refractivity (Wildman–Crippen MR) is 81.3 cm³/mol. The molecule has 1 aromatic carbocycles. The number of nitrogen functional groups attached to an aromatic ring is 1. The molecule has 0 aliphatic carbocycles. The Bertz CT molecular complexity index is 618. The molecule has 0 bridgehead atoms. The summed E-state index contributed by atoms with van der Waals surface area (Å²) in [5.74, 6) is -0.951. The molecule has 8 heteroatoms. The molecule has 0 amide bonds. The van der Waals surface area contributed by atoms with Crippen LogP contribution in [-0.2, 0) is 10.0 Å². The molecular formula is C13H19ClFN3O2S. The normalized spacial score (nSPS) is 16.8. The highest BCUT2D eigenvalue weighted by molar-refractivity contribution is 7.89. The van der Waals surface area contributed by atoms with Crippen LogP contribution in [0.2, 0.25) is 5.02 Å². The van der Waals surface area contributed by atoms with Gasteiger partial charge in [0.2, 0.25) is 10.0 Å². The SMILES string of the molecule is CN(CCN1CCCC1)S(=O)(=O)c1cc(Cl)cc(N)c1F. The molecule has 0 aromatic heterocycles. The molecule has 0 spiro atoms. The van der Waals surface area contributed by atoms with E-state index in [-0.39, 0.29) is 10.7 Å². The molecule has 0 unspecified atom stereocenters. The molecule has 1 fully saturated rings. The van der Waals surface area contributed by atoms with Gasteiger partial charge < -0.3 is 10.6 Å². The van der Waals surface area contributed by atoms with Crippen molar-refractivity contribution in [1.82, 2.24) is 9.21 Å². The van der Waals surface area contributed by atoms with Crippen molar-refractivity contribution in [2.24, 2.45) is 0 Å². The number of halogens is 2. The molecule has 1 saturated heterocycles. The van der Waals surface area contributed by atoms with Crippen LogP contribution < -0.4 is 5.73 Å². The third-order valence-electron chi connectivity index (χ3n) is 3.65. The quantitative estimate of drug-likeness (QED) is 0.833. The van der Waals surface area contributed by atoms with Gasteiger partial charge in [0.15, 0.2) is 5.82 Å². The summed E-state index contributed by atoms with van der Waals surface area (Å²) in [4.78, 5) is 1.71. The minimum atomic E-state index is -3.94. The van der Waals surface area contributed by atoms with Crippen molar-refractivity contribution >= 4 is 27.3 Å². The van der Waals surface area contributed by atoms with Crippen LogP contribution in [0.25, 0.3) is 0 Å². The van der Waals surface area contributed by atoms with Gasteiger partial charge in [-0.25, -0.2) is 12.8 Å². The van der Waals surface area contributed by atoms with Crippen molar-refractivity contribution in [2.45, 2.75) is 17.7 Å². The maximum Gasteiger partial charge on any atom is 0.245 e. The summed E-state index contributed by atoms with van der Waals surface area (Å²) in [6, 6.07) is 2.29. The average Bonchev–Trinajstić information content (AvgIpc) is 2.93. The molecule has 1 aliphatic rings. The first-order chi connectivity index (χ1) is 9.82. The summed E-state index contributed by atoms with van der Waals surface area (Å²) in [6.07, 6.45) is 2.27. The fourth-order valence-corrected chi connectivity index (χ4v) is 3.92. The van der Waals surface area contributed by atoms with Crippen LogP contribution in [-0.4, -0.2) is 50.8 Å². The molecule has 1 aliphatic heterocycles. The fraction of sp³-hybridized carbons (Fsp3) is 0.538. The number of hydrogen-bond acceptors (Lipinski definition) is 4. The van der Waals surface area contributed by atoms with Gasteiger partial charge in [0.25, 0.3) is 0 Å². The zero-order valence-electron chi connectivity index (χ0n) is 11.8. The van der Waals surface area contributed by atoms with Crippen molar-refractivity contribution in [3.63, 3.8) is 0 Å². The van der Waals surface area contributed by atoms with Crippen LogP contribution in [0.4, 0.5) is 10.1 Å². The van der Waals surface area contributed by atoms with Crippen LogP contribution in [0, 0.1) is 5.82 Å². The van der Waals surface area contributed by atoms with Crippen LogP contribution in [0.15, 0.2) is 17.0 Å². The second kappa shape index (κ2) is 6.48. The molecule has 2 rings (SSSR count). The topological polar surface area (TPSA) is 66.6 Å². The summed E-state index contributed by atoms with van der Waals surface area (Å²) in [7, 11) is -2.51. The van der Waals surface area contributed by atoms with Gasteiger partial charge in [-0.3, -0.25) is 0 Å². The summed E-state index contributed by atoms with van der Waals surface area (Å²) < 4.78 is 39.9. The number of sulfonamides is 1. The van der Waals surface area contributed by atoms with E-state index >= 15 is 0 Å². The Morgan fingerprint density at radius 3 is 2.62 bits per heavy atom. The van der Waals surface area contributed by atoms with Crippen LogP contribution >= 0.6 is 11.6 Å². The zero-order valence-corrected chi connectivity index (χ0v) is 13.4. The number of anilines is 1. The minimum absolute atomic E-state index is 0.0976. The van der Waals surface area contributed by atoms with Crippen LogP contribution in [0.5, 0.6) is 0 Å². The van der Waals surface area contributed by atoms with Crippen molar-refractivity contribution in [3.05, 3.63) is 23.0 Å². The van der Waals surface area contributed by atoms with E-state index < -0.39 is 20.7 Å². The van der Waals surface area contributed by atoms with E-state index in [9.17, 15) is 12.8 Å². The summed E-state index contributed by atoms with van der Waals surface area (Å²) in [5, 5.41) is 0.0976. The number of nitrogens with two attached hydrogens (primary N) is 1. The van der Waals surface area contributed by atoms with Gasteiger partial charge in [-0.1, -0.05) is 11.6 Å². The number of likely N-dealkylation sites (N-methyl/N-ethyl adjacent to an activating group) is 1. The lowest BCUT2D eigenvalue weighted by atomic mass is 10.3.